The lowest BCUT2D eigenvalue weighted by Gasteiger charge is -2.12. The number of aromatic nitrogens is 4. The Bertz CT molecular complexity index is 990. The van der Waals surface area contributed by atoms with Gasteiger partial charge in [0.05, 0.1) is 34.2 Å². The molecule has 2 rings (SSSR count). The Morgan fingerprint density at radius 1 is 0.606 bits per heavy atom. The fraction of sp³-hybridized carbons (Fsp3) is 0.600. The predicted octanol–water partition coefficient (Wildman–Crippen LogP) is 3.91. The second-order valence-corrected chi connectivity index (χ2v) is 10.6. The molecule has 2 N–H and O–H groups in total. The minimum absolute atomic E-state index is 0.409. The third kappa shape index (κ3) is 7.04. The van der Waals surface area contributed by atoms with Gasteiger partial charge in [0.15, 0.2) is 11.4 Å². The summed E-state index contributed by atoms with van der Waals surface area (Å²) in [6, 6.07) is 0. The topological polar surface area (TPSA) is 98.0 Å². The molecule has 0 aromatic carbocycles. The highest BCUT2D eigenvalue weighted by Gasteiger charge is 2.26. The van der Waals surface area contributed by atoms with Gasteiger partial charge in [0.25, 0.3) is 0 Å². The summed E-state index contributed by atoms with van der Waals surface area (Å²) in [6.45, 7) is 19.3. The number of hydroxylamine groups is 2. The third-order valence-electron chi connectivity index (χ3n) is 5.45. The first-order chi connectivity index (χ1) is 15.1. The largest absolute Gasteiger partial charge is 0.290 e. The van der Waals surface area contributed by atoms with Crippen LogP contribution in [0.25, 0.3) is 0 Å². The molecule has 33 heavy (non-hydrogen) atoms. The number of hydrogen-bond donors (Lipinski definition) is 2. The zero-order valence-corrected chi connectivity index (χ0v) is 21.9. The SMILES string of the molecule is Cc1nc(CCCc2nc(C)c(/C=[N+](\O)C(C)(C)C)nc2C)c(C)nc1/C=[N+](\O)C(C)(C)C. The van der Waals surface area contributed by atoms with Gasteiger partial charge in [-0.15, -0.1) is 0 Å². The first-order valence-electron chi connectivity index (χ1n) is 11.4. The van der Waals surface area contributed by atoms with E-state index < -0.39 is 11.1 Å². The Balaban J connectivity index is 2.14. The second kappa shape index (κ2) is 9.93. The quantitative estimate of drug-likeness (QED) is 0.296. The van der Waals surface area contributed by atoms with Crippen molar-refractivity contribution in [1.82, 2.24) is 19.9 Å². The van der Waals surface area contributed by atoms with Crippen molar-refractivity contribution in [3.63, 3.8) is 0 Å². The lowest BCUT2D eigenvalue weighted by atomic mass is 10.1. The number of rotatable bonds is 6. The molecule has 0 bridgehead atoms. The van der Waals surface area contributed by atoms with Crippen molar-refractivity contribution in [1.29, 1.82) is 0 Å². The minimum atomic E-state index is -0.409. The summed E-state index contributed by atoms with van der Waals surface area (Å²) in [6.07, 6.45) is 5.70. The van der Waals surface area contributed by atoms with Gasteiger partial charge in [-0.05, 0) is 56.4 Å². The number of hydrogen-bond acceptors (Lipinski definition) is 6. The molecule has 180 valence electrons. The Kier molecular flexibility index (Phi) is 7.93. The van der Waals surface area contributed by atoms with E-state index in [0.717, 1.165) is 53.4 Å². The fourth-order valence-electron chi connectivity index (χ4n) is 3.09. The van der Waals surface area contributed by atoms with E-state index in [1.54, 1.807) is 12.4 Å². The van der Waals surface area contributed by atoms with Crippen LogP contribution in [0.5, 0.6) is 0 Å². The van der Waals surface area contributed by atoms with Crippen molar-refractivity contribution in [3.8, 4) is 0 Å². The van der Waals surface area contributed by atoms with E-state index in [1.807, 2.05) is 69.2 Å². The van der Waals surface area contributed by atoms with Gasteiger partial charge in [0.1, 0.15) is 0 Å². The molecule has 0 saturated carbocycles. The molecule has 0 aliphatic heterocycles. The maximum absolute atomic E-state index is 10.2. The van der Waals surface area contributed by atoms with Gasteiger partial charge in [-0.25, -0.2) is 9.97 Å². The molecule has 8 heteroatoms. The molecule has 0 radical (unpaired) electrons. The lowest BCUT2D eigenvalue weighted by Crippen LogP contribution is -2.31. The van der Waals surface area contributed by atoms with E-state index in [4.69, 9.17) is 9.97 Å². The zero-order chi connectivity index (χ0) is 25.1. The Morgan fingerprint density at radius 3 is 1.24 bits per heavy atom. The van der Waals surface area contributed by atoms with Crippen molar-refractivity contribution >= 4 is 12.4 Å². The summed E-state index contributed by atoms with van der Waals surface area (Å²) in [5.41, 5.74) is 5.75. The van der Waals surface area contributed by atoms with Gasteiger partial charge in [0.2, 0.25) is 23.5 Å². The Labute approximate surface area is 197 Å². The van der Waals surface area contributed by atoms with E-state index in [-0.39, 0.29) is 0 Å². The molecule has 2 heterocycles. The summed E-state index contributed by atoms with van der Waals surface area (Å²) in [7, 11) is 0. The van der Waals surface area contributed by atoms with Crippen LogP contribution in [0.1, 0.15) is 93.5 Å². The smallest absolute Gasteiger partial charge is 0.243 e. The molecule has 0 aliphatic rings. The predicted molar refractivity (Wildman–Crippen MR) is 129 cm³/mol. The Morgan fingerprint density at radius 2 is 0.939 bits per heavy atom. The van der Waals surface area contributed by atoms with Gasteiger partial charge in [-0.1, -0.05) is 0 Å². The van der Waals surface area contributed by atoms with Crippen LogP contribution < -0.4 is 0 Å². The van der Waals surface area contributed by atoms with Crippen LogP contribution in [-0.2, 0) is 12.8 Å². The van der Waals surface area contributed by atoms with Crippen molar-refractivity contribution in [2.75, 3.05) is 0 Å². The van der Waals surface area contributed by atoms with Crippen molar-refractivity contribution in [3.05, 3.63) is 45.6 Å². The van der Waals surface area contributed by atoms with E-state index in [2.05, 4.69) is 9.97 Å². The molecule has 0 atom stereocenters. The molecule has 0 saturated heterocycles. The van der Waals surface area contributed by atoms with Gasteiger partial charge in [-0.3, -0.25) is 20.4 Å². The highest BCUT2D eigenvalue weighted by atomic mass is 16.5. The van der Waals surface area contributed by atoms with E-state index in [9.17, 15) is 10.4 Å². The molecule has 0 fully saturated rings. The molecule has 8 nitrogen and oxygen atoms in total. The normalized spacial score (nSPS) is 13.5. The van der Waals surface area contributed by atoms with Crippen LogP contribution in [0.2, 0.25) is 0 Å². The average Bonchev–Trinajstić information content (AvgIpc) is 2.67. The molecular weight excluding hydrogens is 416 g/mol. The zero-order valence-electron chi connectivity index (χ0n) is 21.9. The van der Waals surface area contributed by atoms with Crippen molar-refractivity contribution in [2.45, 2.75) is 99.6 Å². The van der Waals surface area contributed by atoms with Crippen LogP contribution in [0, 0.1) is 27.7 Å². The summed E-state index contributed by atoms with van der Waals surface area (Å²) < 4.78 is 2.34. The summed E-state index contributed by atoms with van der Waals surface area (Å²) in [5, 5.41) is 20.5. The molecule has 2 aromatic rings. The second-order valence-electron chi connectivity index (χ2n) is 10.6. The maximum Gasteiger partial charge on any atom is 0.243 e. The Hall–Kier alpha value is -2.90. The first kappa shape index (κ1) is 26.4. The average molecular weight is 457 g/mol. The summed E-state index contributed by atoms with van der Waals surface area (Å²) in [4.78, 5) is 18.8. The first-order valence-corrected chi connectivity index (χ1v) is 11.4. The van der Waals surface area contributed by atoms with E-state index in [1.165, 1.54) is 9.48 Å². The van der Waals surface area contributed by atoms with Gasteiger partial charge in [-0.2, -0.15) is 0 Å². The molecule has 0 amide bonds. The monoisotopic (exact) mass is 456 g/mol. The summed E-state index contributed by atoms with van der Waals surface area (Å²) >= 11 is 0. The highest BCUT2D eigenvalue weighted by Crippen LogP contribution is 2.14. The molecule has 0 spiro atoms. The highest BCUT2D eigenvalue weighted by molar-refractivity contribution is 5.74. The van der Waals surface area contributed by atoms with Gasteiger partial charge < -0.3 is 0 Å². The fourth-order valence-corrected chi connectivity index (χ4v) is 3.09. The number of aryl methyl sites for hydroxylation is 6. The minimum Gasteiger partial charge on any atom is -0.290 e. The van der Waals surface area contributed by atoms with Crippen molar-refractivity contribution in [2.24, 2.45) is 0 Å². The van der Waals surface area contributed by atoms with Crippen LogP contribution in [-0.4, -0.2) is 63.3 Å². The van der Waals surface area contributed by atoms with Crippen molar-refractivity contribution < 1.29 is 19.9 Å². The standard InChI is InChI=1S/C25H40N6O2/c1-16-20(26-18(3)22(28-16)14-30(32)24(5,6)7)12-11-13-21-17(2)29-23(19(4)27-21)15-31(33)25(8,9)10/h14-15,32-33H,11-13H2,1-10H3/q+2. The van der Waals surface area contributed by atoms with Crippen LogP contribution >= 0.6 is 0 Å². The summed E-state index contributed by atoms with van der Waals surface area (Å²) in [5.74, 6) is 0. The number of nitrogens with zero attached hydrogens (tertiary/aromatic N) is 6. The van der Waals surface area contributed by atoms with Crippen LogP contribution in [0.15, 0.2) is 0 Å². The van der Waals surface area contributed by atoms with Crippen LogP contribution in [0.4, 0.5) is 0 Å². The molecular formula is C25H40N6O2+2. The van der Waals surface area contributed by atoms with Crippen LogP contribution in [0.3, 0.4) is 0 Å². The molecule has 0 aliphatic carbocycles. The molecule has 0 unspecified atom stereocenters. The molecule has 2 aromatic heterocycles. The van der Waals surface area contributed by atoms with E-state index >= 15 is 0 Å². The lowest BCUT2D eigenvalue weighted by molar-refractivity contribution is -0.816. The third-order valence-corrected chi connectivity index (χ3v) is 5.45. The van der Waals surface area contributed by atoms with Gasteiger partial charge >= 0.3 is 0 Å². The van der Waals surface area contributed by atoms with E-state index in [0.29, 0.717) is 11.4 Å². The maximum atomic E-state index is 10.2. The van der Waals surface area contributed by atoms with Gasteiger partial charge in [0, 0.05) is 41.5 Å².